The fourth-order valence-corrected chi connectivity index (χ4v) is 2.38. The normalized spacial score (nSPS) is 14.9. The number of hydrogen-bond acceptors (Lipinski definition) is 3. The number of nitrogens with zero attached hydrogens (tertiary/aromatic N) is 2. The summed E-state index contributed by atoms with van der Waals surface area (Å²) in [7, 11) is -0.946. The lowest BCUT2D eigenvalue weighted by Gasteiger charge is -2.11. The van der Waals surface area contributed by atoms with Gasteiger partial charge in [0.25, 0.3) is 0 Å². The standard InChI is InChI=1S/C11H13BrFN3OS/c1-6(18(2)17)5-16-10-3-7(12)8(13)4-9(10)15-11(16)14/h3-4,6H,5H2,1-2H3,(H2,14,15). The van der Waals surface area contributed by atoms with Gasteiger partial charge in [0.05, 0.1) is 15.5 Å². The first kappa shape index (κ1) is 13.5. The van der Waals surface area contributed by atoms with Crippen LogP contribution in [0.25, 0.3) is 11.0 Å². The zero-order valence-corrected chi connectivity index (χ0v) is 12.4. The van der Waals surface area contributed by atoms with E-state index < -0.39 is 10.8 Å². The van der Waals surface area contributed by atoms with Gasteiger partial charge in [-0.15, -0.1) is 0 Å². The summed E-state index contributed by atoms with van der Waals surface area (Å²) in [5.41, 5.74) is 7.05. The van der Waals surface area contributed by atoms with Gasteiger partial charge in [-0.2, -0.15) is 0 Å². The SMILES string of the molecule is CC(Cn1c(N)nc2cc(F)c(Br)cc21)S(C)=O. The second kappa shape index (κ2) is 4.97. The lowest BCUT2D eigenvalue weighted by atomic mass is 10.3. The van der Waals surface area contributed by atoms with E-state index in [9.17, 15) is 8.60 Å². The van der Waals surface area contributed by atoms with Crippen LogP contribution < -0.4 is 5.73 Å². The predicted octanol–water partition coefficient (Wildman–Crippen LogP) is 2.29. The molecule has 0 saturated carbocycles. The van der Waals surface area contributed by atoms with Crippen LogP contribution in [-0.4, -0.2) is 25.3 Å². The predicted molar refractivity (Wildman–Crippen MR) is 75.3 cm³/mol. The summed E-state index contributed by atoms with van der Waals surface area (Å²) in [4.78, 5) is 4.11. The van der Waals surface area contributed by atoms with Gasteiger partial charge in [-0.1, -0.05) is 0 Å². The summed E-state index contributed by atoms with van der Waals surface area (Å²) in [5.74, 6) is -0.0703. The Labute approximate surface area is 115 Å². The Hall–Kier alpha value is -0.950. The molecule has 18 heavy (non-hydrogen) atoms. The lowest BCUT2D eigenvalue weighted by Crippen LogP contribution is -2.18. The first-order valence-electron chi connectivity index (χ1n) is 5.33. The third-order valence-electron chi connectivity index (χ3n) is 2.83. The molecule has 0 aliphatic carbocycles. The third kappa shape index (κ3) is 2.42. The molecular weight excluding hydrogens is 321 g/mol. The zero-order valence-electron chi connectivity index (χ0n) is 9.98. The third-order valence-corrected chi connectivity index (χ3v) is 4.72. The molecule has 0 spiro atoms. The first-order valence-corrected chi connectivity index (χ1v) is 7.74. The molecule has 0 amide bonds. The van der Waals surface area contributed by atoms with E-state index in [-0.39, 0.29) is 11.1 Å². The minimum Gasteiger partial charge on any atom is -0.369 e. The average Bonchev–Trinajstić information content (AvgIpc) is 2.56. The number of aromatic nitrogens is 2. The second-order valence-electron chi connectivity index (χ2n) is 4.14. The van der Waals surface area contributed by atoms with Crippen molar-refractivity contribution in [1.29, 1.82) is 0 Å². The minimum absolute atomic E-state index is 0.0477. The number of nitrogen functional groups attached to an aromatic ring is 1. The molecule has 2 aromatic rings. The molecule has 1 aromatic heterocycles. The molecule has 7 heteroatoms. The highest BCUT2D eigenvalue weighted by molar-refractivity contribution is 9.10. The first-order chi connectivity index (χ1) is 8.40. The topological polar surface area (TPSA) is 60.9 Å². The van der Waals surface area contributed by atoms with Gasteiger partial charge in [0, 0.05) is 34.9 Å². The van der Waals surface area contributed by atoms with Crippen LogP contribution in [0.4, 0.5) is 10.3 Å². The van der Waals surface area contributed by atoms with E-state index in [1.54, 1.807) is 16.9 Å². The lowest BCUT2D eigenvalue weighted by molar-refractivity contribution is 0.622. The molecule has 98 valence electrons. The van der Waals surface area contributed by atoms with E-state index >= 15 is 0 Å². The van der Waals surface area contributed by atoms with Crippen molar-refractivity contribution < 1.29 is 8.60 Å². The molecule has 0 fully saturated rings. The number of rotatable bonds is 3. The fraction of sp³-hybridized carbons (Fsp3) is 0.364. The van der Waals surface area contributed by atoms with Gasteiger partial charge < -0.3 is 10.3 Å². The highest BCUT2D eigenvalue weighted by atomic mass is 79.9. The van der Waals surface area contributed by atoms with Gasteiger partial charge in [-0.25, -0.2) is 9.37 Å². The van der Waals surface area contributed by atoms with Gasteiger partial charge in [0.1, 0.15) is 5.82 Å². The zero-order chi connectivity index (χ0) is 13.4. The van der Waals surface area contributed by atoms with Gasteiger partial charge in [0.15, 0.2) is 0 Å². The number of hydrogen-bond donors (Lipinski definition) is 1. The molecule has 2 N–H and O–H groups in total. The van der Waals surface area contributed by atoms with Crippen LogP contribution in [0.15, 0.2) is 16.6 Å². The van der Waals surface area contributed by atoms with Gasteiger partial charge in [0.2, 0.25) is 5.95 Å². The van der Waals surface area contributed by atoms with E-state index in [1.807, 2.05) is 6.92 Å². The van der Waals surface area contributed by atoms with Crippen molar-refractivity contribution in [3.63, 3.8) is 0 Å². The molecule has 2 rings (SSSR count). The van der Waals surface area contributed by atoms with Crippen molar-refractivity contribution >= 4 is 43.7 Å². The number of benzene rings is 1. The molecule has 1 heterocycles. The maximum atomic E-state index is 13.4. The van der Waals surface area contributed by atoms with Gasteiger partial charge in [-0.05, 0) is 28.9 Å². The van der Waals surface area contributed by atoms with E-state index in [0.29, 0.717) is 22.5 Å². The van der Waals surface area contributed by atoms with Gasteiger partial charge >= 0.3 is 0 Å². The maximum absolute atomic E-state index is 13.4. The van der Waals surface area contributed by atoms with E-state index in [4.69, 9.17) is 5.73 Å². The number of halogens is 2. The molecule has 2 atom stereocenters. The Morgan fingerprint density at radius 1 is 1.61 bits per heavy atom. The molecule has 0 bridgehead atoms. The maximum Gasteiger partial charge on any atom is 0.201 e. The largest absolute Gasteiger partial charge is 0.369 e. The molecular formula is C11H13BrFN3OS. The molecule has 0 aliphatic heterocycles. The van der Waals surface area contributed by atoms with Crippen molar-refractivity contribution in [2.45, 2.75) is 18.7 Å². The fourth-order valence-electron chi connectivity index (χ4n) is 1.69. The highest BCUT2D eigenvalue weighted by Crippen LogP contribution is 2.25. The molecule has 1 aromatic carbocycles. The van der Waals surface area contributed by atoms with E-state index in [0.717, 1.165) is 5.52 Å². The summed E-state index contributed by atoms with van der Waals surface area (Å²) in [6.07, 6.45) is 1.65. The van der Waals surface area contributed by atoms with Crippen LogP contribution >= 0.6 is 15.9 Å². The summed E-state index contributed by atoms with van der Waals surface area (Å²) in [6.45, 7) is 2.36. The van der Waals surface area contributed by atoms with Crippen LogP contribution in [0.2, 0.25) is 0 Å². The molecule has 4 nitrogen and oxygen atoms in total. The molecule has 2 unspecified atom stereocenters. The number of imidazole rings is 1. The summed E-state index contributed by atoms with van der Waals surface area (Å²) in [5, 5.41) is -0.0477. The van der Waals surface area contributed by atoms with E-state index in [1.165, 1.54) is 6.07 Å². The van der Waals surface area contributed by atoms with Crippen LogP contribution in [0.5, 0.6) is 0 Å². The Balaban J connectivity index is 2.53. The summed E-state index contributed by atoms with van der Waals surface area (Å²) >= 11 is 3.14. The van der Waals surface area contributed by atoms with Crippen molar-refractivity contribution in [3.05, 3.63) is 22.4 Å². The van der Waals surface area contributed by atoms with Crippen molar-refractivity contribution in [3.8, 4) is 0 Å². The quantitative estimate of drug-likeness (QED) is 0.937. The second-order valence-corrected chi connectivity index (χ2v) is 6.80. The van der Waals surface area contributed by atoms with Crippen LogP contribution in [0.1, 0.15) is 6.92 Å². The minimum atomic E-state index is -0.946. The summed E-state index contributed by atoms with van der Waals surface area (Å²) in [6, 6.07) is 2.97. The van der Waals surface area contributed by atoms with Crippen molar-refractivity contribution in [2.24, 2.45) is 0 Å². The Morgan fingerprint density at radius 2 is 2.28 bits per heavy atom. The number of nitrogens with two attached hydrogens (primary N) is 1. The van der Waals surface area contributed by atoms with E-state index in [2.05, 4.69) is 20.9 Å². The molecule has 0 aliphatic rings. The van der Waals surface area contributed by atoms with Crippen LogP contribution in [0, 0.1) is 5.82 Å². The van der Waals surface area contributed by atoms with Crippen LogP contribution in [-0.2, 0) is 17.3 Å². The summed E-state index contributed by atoms with van der Waals surface area (Å²) < 4.78 is 26.9. The molecule has 0 radical (unpaired) electrons. The number of anilines is 1. The Bertz CT molecular complexity index is 628. The van der Waals surface area contributed by atoms with Crippen molar-refractivity contribution in [2.75, 3.05) is 12.0 Å². The average molecular weight is 334 g/mol. The molecule has 0 saturated heterocycles. The van der Waals surface area contributed by atoms with Crippen molar-refractivity contribution in [1.82, 2.24) is 9.55 Å². The number of fused-ring (bicyclic) bond motifs is 1. The highest BCUT2D eigenvalue weighted by Gasteiger charge is 2.15. The smallest absolute Gasteiger partial charge is 0.201 e. The Kier molecular flexibility index (Phi) is 3.72. The Morgan fingerprint density at radius 3 is 2.89 bits per heavy atom. The van der Waals surface area contributed by atoms with Crippen LogP contribution in [0.3, 0.4) is 0 Å². The monoisotopic (exact) mass is 333 g/mol. The van der Waals surface area contributed by atoms with Gasteiger partial charge in [-0.3, -0.25) is 4.21 Å².